The fraction of sp³-hybridized carbons (Fsp3) is 0.263. The van der Waals surface area contributed by atoms with Crippen molar-refractivity contribution in [2.75, 3.05) is 0 Å². The van der Waals surface area contributed by atoms with Crippen LogP contribution in [0.1, 0.15) is 35.4 Å². The average Bonchev–Trinajstić information content (AvgIpc) is 2.90. The molecule has 3 heteroatoms. The van der Waals surface area contributed by atoms with Gasteiger partial charge in [-0.2, -0.15) is 5.26 Å². The Balaban J connectivity index is 2.36. The Bertz CT molecular complexity index is 897. The summed E-state index contributed by atoms with van der Waals surface area (Å²) in [5, 5.41) is 9.44. The van der Waals surface area contributed by atoms with Crippen molar-refractivity contribution in [3.8, 4) is 17.3 Å². The molecule has 3 nitrogen and oxygen atoms in total. The van der Waals surface area contributed by atoms with E-state index in [0.29, 0.717) is 0 Å². The van der Waals surface area contributed by atoms with E-state index in [-0.39, 0.29) is 5.92 Å². The fourth-order valence-corrected chi connectivity index (χ4v) is 2.84. The first-order valence-electron chi connectivity index (χ1n) is 7.48. The van der Waals surface area contributed by atoms with E-state index in [1.807, 2.05) is 32.0 Å². The van der Waals surface area contributed by atoms with Gasteiger partial charge in [0.1, 0.15) is 5.65 Å². The largest absolute Gasteiger partial charge is 0.299 e. The van der Waals surface area contributed by atoms with Crippen molar-refractivity contribution in [2.24, 2.45) is 0 Å². The number of hydrogen-bond acceptors (Lipinski definition) is 2. The number of hydrogen-bond donors (Lipinski definition) is 0. The molecule has 22 heavy (non-hydrogen) atoms. The Morgan fingerprint density at radius 1 is 1.09 bits per heavy atom. The van der Waals surface area contributed by atoms with E-state index in [1.165, 1.54) is 11.1 Å². The second-order valence-corrected chi connectivity index (χ2v) is 5.86. The van der Waals surface area contributed by atoms with Crippen molar-refractivity contribution < 1.29 is 0 Å². The van der Waals surface area contributed by atoms with Crippen LogP contribution in [0.5, 0.6) is 0 Å². The predicted octanol–water partition coefficient (Wildman–Crippen LogP) is 4.55. The van der Waals surface area contributed by atoms with Crippen molar-refractivity contribution in [1.29, 1.82) is 5.26 Å². The molecule has 0 aliphatic heterocycles. The molecule has 0 aliphatic rings. The summed E-state index contributed by atoms with van der Waals surface area (Å²) in [4.78, 5) is 4.80. The molecule has 3 aromatic rings. The quantitative estimate of drug-likeness (QED) is 0.694. The third-order valence-electron chi connectivity index (χ3n) is 4.26. The molecule has 1 aromatic carbocycles. The third-order valence-corrected chi connectivity index (χ3v) is 4.26. The maximum absolute atomic E-state index is 9.44. The van der Waals surface area contributed by atoms with E-state index < -0.39 is 0 Å². The number of aryl methyl sites for hydroxylation is 3. The van der Waals surface area contributed by atoms with Crippen molar-refractivity contribution >= 4 is 5.65 Å². The van der Waals surface area contributed by atoms with Crippen LogP contribution in [-0.4, -0.2) is 9.38 Å². The van der Waals surface area contributed by atoms with Crippen molar-refractivity contribution in [2.45, 2.75) is 33.6 Å². The molecule has 0 bridgehead atoms. The molecule has 2 heterocycles. The van der Waals surface area contributed by atoms with E-state index in [1.54, 1.807) is 0 Å². The fourth-order valence-electron chi connectivity index (χ4n) is 2.84. The summed E-state index contributed by atoms with van der Waals surface area (Å²) in [7, 11) is 0. The number of imidazole rings is 1. The standard InChI is InChI=1S/C19H19N3/c1-12-8-9-16(10-13(12)2)18-19(14(3)11-20)22-15(4)6-5-7-17(22)21-18/h5-10,14H,1-4H3. The van der Waals surface area contributed by atoms with E-state index in [4.69, 9.17) is 4.98 Å². The Morgan fingerprint density at radius 3 is 2.55 bits per heavy atom. The molecule has 0 saturated carbocycles. The second kappa shape index (κ2) is 5.31. The zero-order valence-corrected chi connectivity index (χ0v) is 13.4. The maximum atomic E-state index is 9.44. The van der Waals surface area contributed by atoms with Crippen molar-refractivity contribution in [1.82, 2.24) is 9.38 Å². The zero-order valence-electron chi connectivity index (χ0n) is 13.4. The van der Waals surface area contributed by atoms with Gasteiger partial charge in [0.05, 0.1) is 23.4 Å². The minimum absolute atomic E-state index is 0.215. The van der Waals surface area contributed by atoms with Crippen molar-refractivity contribution in [3.05, 3.63) is 58.9 Å². The highest BCUT2D eigenvalue weighted by molar-refractivity contribution is 5.69. The Morgan fingerprint density at radius 2 is 1.86 bits per heavy atom. The molecule has 0 N–H and O–H groups in total. The first-order chi connectivity index (χ1) is 10.5. The van der Waals surface area contributed by atoms with Crippen LogP contribution in [0.25, 0.3) is 16.9 Å². The molecular weight excluding hydrogens is 270 g/mol. The van der Waals surface area contributed by atoms with Gasteiger partial charge in [-0.25, -0.2) is 4.98 Å². The van der Waals surface area contributed by atoms with Crippen LogP contribution in [0.4, 0.5) is 0 Å². The van der Waals surface area contributed by atoms with Gasteiger partial charge >= 0.3 is 0 Å². The van der Waals surface area contributed by atoms with E-state index >= 15 is 0 Å². The second-order valence-electron chi connectivity index (χ2n) is 5.86. The summed E-state index contributed by atoms with van der Waals surface area (Å²) < 4.78 is 2.10. The lowest BCUT2D eigenvalue weighted by Crippen LogP contribution is -2.01. The zero-order chi connectivity index (χ0) is 15.9. The molecule has 0 saturated heterocycles. The molecule has 110 valence electrons. The lowest BCUT2D eigenvalue weighted by atomic mass is 9.99. The van der Waals surface area contributed by atoms with Gasteiger partial charge in [-0.05, 0) is 57.0 Å². The molecule has 2 aromatic heterocycles. The van der Waals surface area contributed by atoms with E-state index in [9.17, 15) is 5.26 Å². The minimum atomic E-state index is -0.215. The summed E-state index contributed by atoms with van der Waals surface area (Å²) in [6.07, 6.45) is 0. The molecule has 0 spiro atoms. The summed E-state index contributed by atoms with van der Waals surface area (Å²) in [6, 6.07) is 14.8. The van der Waals surface area contributed by atoms with Gasteiger partial charge in [0.25, 0.3) is 0 Å². The summed E-state index contributed by atoms with van der Waals surface area (Å²) in [5.41, 5.74) is 7.44. The Kier molecular flexibility index (Phi) is 3.46. The van der Waals surface area contributed by atoms with Gasteiger partial charge in [-0.15, -0.1) is 0 Å². The first-order valence-corrected chi connectivity index (χ1v) is 7.48. The molecule has 1 unspecified atom stereocenters. The number of fused-ring (bicyclic) bond motifs is 1. The Hall–Kier alpha value is -2.60. The SMILES string of the molecule is Cc1ccc(-c2nc3cccc(C)n3c2C(C)C#N)cc1C. The molecule has 0 radical (unpaired) electrons. The van der Waals surface area contributed by atoms with Crippen LogP contribution in [0.3, 0.4) is 0 Å². The van der Waals surface area contributed by atoms with Gasteiger partial charge in [-0.1, -0.05) is 18.2 Å². The van der Waals surface area contributed by atoms with Crippen LogP contribution in [0.15, 0.2) is 36.4 Å². The van der Waals surface area contributed by atoms with Gasteiger partial charge in [0.15, 0.2) is 0 Å². The van der Waals surface area contributed by atoms with Crippen molar-refractivity contribution in [3.63, 3.8) is 0 Å². The number of aromatic nitrogens is 2. The van der Waals surface area contributed by atoms with Crippen LogP contribution >= 0.6 is 0 Å². The normalized spacial score (nSPS) is 12.3. The number of nitriles is 1. The number of pyridine rings is 1. The number of benzene rings is 1. The molecule has 0 amide bonds. The monoisotopic (exact) mass is 289 g/mol. The topological polar surface area (TPSA) is 41.1 Å². The third kappa shape index (κ3) is 2.17. The highest BCUT2D eigenvalue weighted by Gasteiger charge is 2.20. The van der Waals surface area contributed by atoms with E-state index in [0.717, 1.165) is 28.3 Å². The van der Waals surface area contributed by atoms with Gasteiger partial charge in [-0.3, -0.25) is 4.40 Å². The average molecular weight is 289 g/mol. The number of rotatable bonds is 2. The van der Waals surface area contributed by atoms with E-state index in [2.05, 4.69) is 42.5 Å². The van der Waals surface area contributed by atoms with Crippen LogP contribution in [-0.2, 0) is 0 Å². The highest BCUT2D eigenvalue weighted by Crippen LogP contribution is 2.31. The predicted molar refractivity (Wildman–Crippen MR) is 88.9 cm³/mol. The number of nitrogens with zero attached hydrogens (tertiary/aromatic N) is 3. The lowest BCUT2D eigenvalue weighted by Gasteiger charge is -2.10. The summed E-state index contributed by atoms with van der Waals surface area (Å²) in [5.74, 6) is -0.215. The van der Waals surface area contributed by atoms with Gasteiger partial charge in [0.2, 0.25) is 0 Å². The molecule has 1 atom stereocenters. The molecule has 0 fully saturated rings. The van der Waals surface area contributed by atoms with Crippen LogP contribution < -0.4 is 0 Å². The van der Waals surface area contributed by atoms with Gasteiger partial charge in [0, 0.05) is 11.3 Å². The molecule has 3 rings (SSSR count). The summed E-state index contributed by atoms with van der Waals surface area (Å²) >= 11 is 0. The molecular formula is C19H19N3. The highest BCUT2D eigenvalue weighted by atomic mass is 15.0. The maximum Gasteiger partial charge on any atom is 0.137 e. The smallest absolute Gasteiger partial charge is 0.137 e. The molecule has 0 aliphatic carbocycles. The van der Waals surface area contributed by atoms with Crippen LogP contribution in [0.2, 0.25) is 0 Å². The lowest BCUT2D eigenvalue weighted by molar-refractivity contribution is 0.882. The summed E-state index contributed by atoms with van der Waals surface area (Å²) in [6.45, 7) is 8.19. The Labute approximate surface area is 130 Å². The first kappa shape index (κ1) is 14.3. The van der Waals surface area contributed by atoms with Gasteiger partial charge < -0.3 is 0 Å². The van der Waals surface area contributed by atoms with Crippen LogP contribution in [0, 0.1) is 32.1 Å². The minimum Gasteiger partial charge on any atom is -0.299 e.